The molecule has 168 valence electrons. The van der Waals surface area contributed by atoms with Crippen LogP contribution in [0.2, 0.25) is 0 Å². The summed E-state index contributed by atoms with van der Waals surface area (Å²) in [5.41, 5.74) is 1.38. The third kappa shape index (κ3) is 4.73. The molecule has 1 saturated heterocycles. The molecule has 0 radical (unpaired) electrons. The van der Waals surface area contributed by atoms with Crippen molar-refractivity contribution in [1.82, 2.24) is 14.4 Å². The van der Waals surface area contributed by atoms with E-state index in [1.54, 1.807) is 12.1 Å². The first-order valence-corrected chi connectivity index (χ1v) is 12.1. The third-order valence-corrected chi connectivity index (χ3v) is 7.22. The number of hydrogen-bond donors (Lipinski definition) is 1. The first-order chi connectivity index (χ1) is 15.3. The van der Waals surface area contributed by atoms with Crippen molar-refractivity contribution in [2.45, 2.75) is 44.0 Å². The number of benzene rings is 2. The van der Waals surface area contributed by atoms with Gasteiger partial charge in [0.15, 0.2) is 0 Å². The van der Waals surface area contributed by atoms with Gasteiger partial charge in [0.05, 0.1) is 4.90 Å². The monoisotopic (exact) mass is 454 g/mol. The predicted molar refractivity (Wildman–Crippen MR) is 120 cm³/mol. The Labute approximate surface area is 187 Å². The number of nitrogens with one attached hydrogen (secondary N) is 1. The standard InChI is InChI=1S/C23H26N4O4S/c1-16(2)15-21(28)24-18-10-12-19(13-11-18)32(29,30)27-14-6-9-20(27)23-25-22(26-31-23)17-7-4-3-5-8-17/h3-5,7-8,10-13,16,20H,6,9,14-15H2,1-2H3,(H,24,28). The Morgan fingerprint density at radius 3 is 2.56 bits per heavy atom. The topological polar surface area (TPSA) is 105 Å². The van der Waals surface area contributed by atoms with E-state index in [0.29, 0.717) is 43.2 Å². The fourth-order valence-electron chi connectivity index (χ4n) is 3.78. The summed E-state index contributed by atoms with van der Waals surface area (Å²) in [5.74, 6) is 0.878. The number of carbonyl (C=O) groups excluding carboxylic acids is 1. The number of aromatic nitrogens is 2. The first-order valence-electron chi connectivity index (χ1n) is 10.7. The Balaban J connectivity index is 1.52. The van der Waals surface area contributed by atoms with E-state index in [-0.39, 0.29) is 16.7 Å². The van der Waals surface area contributed by atoms with Crippen LogP contribution in [0.15, 0.2) is 64.0 Å². The fourth-order valence-corrected chi connectivity index (χ4v) is 5.43. The van der Waals surface area contributed by atoms with Crippen molar-refractivity contribution in [3.05, 3.63) is 60.5 Å². The van der Waals surface area contributed by atoms with Crippen molar-refractivity contribution >= 4 is 21.6 Å². The Bertz CT molecular complexity index is 1170. The highest BCUT2D eigenvalue weighted by Crippen LogP contribution is 2.36. The molecule has 0 bridgehead atoms. The number of anilines is 1. The second-order valence-electron chi connectivity index (χ2n) is 8.27. The molecule has 2 aromatic carbocycles. The molecule has 1 aromatic heterocycles. The van der Waals surface area contributed by atoms with E-state index < -0.39 is 16.1 Å². The highest BCUT2D eigenvalue weighted by atomic mass is 32.2. The zero-order chi connectivity index (χ0) is 22.7. The molecule has 1 aliphatic rings. The van der Waals surface area contributed by atoms with E-state index in [9.17, 15) is 13.2 Å². The van der Waals surface area contributed by atoms with Gasteiger partial charge in [-0.05, 0) is 43.0 Å². The summed E-state index contributed by atoms with van der Waals surface area (Å²) in [4.78, 5) is 16.6. The maximum atomic E-state index is 13.3. The number of amides is 1. The van der Waals surface area contributed by atoms with Gasteiger partial charge in [-0.25, -0.2) is 8.42 Å². The van der Waals surface area contributed by atoms with Crippen LogP contribution in [0, 0.1) is 5.92 Å². The summed E-state index contributed by atoms with van der Waals surface area (Å²) in [5, 5.41) is 6.83. The van der Waals surface area contributed by atoms with E-state index in [2.05, 4.69) is 15.5 Å². The number of carbonyl (C=O) groups is 1. The van der Waals surface area contributed by atoms with E-state index >= 15 is 0 Å². The smallest absolute Gasteiger partial charge is 0.245 e. The lowest BCUT2D eigenvalue weighted by Crippen LogP contribution is -2.30. The molecule has 32 heavy (non-hydrogen) atoms. The van der Waals surface area contributed by atoms with E-state index in [0.717, 1.165) is 5.56 Å². The number of hydrogen-bond acceptors (Lipinski definition) is 6. The van der Waals surface area contributed by atoms with Crippen LogP contribution >= 0.6 is 0 Å². The van der Waals surface area contributed by atoms with Crippen LogP contribution in [-0.2, 0) is 14.8 Å². The van der Waals surface area contributed by atoms with Gasteiger partial charge in [0.2, 0.25) is 27.6 Å². The number of sulfonamides is 1. The lowest BCUT2D eigenvalue weighted by Gasteiger charge is -2.21. The molecule has 0 aliphatic carbocycles. The minimum absolute atomic E-state index is 0.0965. The molecule has 1 amide bonds. The van der Waals surface area contributed by atoms with Crippen LogP contribution in [0.25, 0.3) is 11.4 Å². The Morgan fingerprint density at radius 1 is 1.16 bits per heavy atom. The molecule has 2 heterocycles. The van der Waals surface area contributed by atoms with Crippen molar-refractivity contribution in [3.63, 3.8) is 0 Å². The normalized spacial score (nSPS) is 17.0. The zero-order valence-corrected chi connectivity index (χ0v) is 18.9. The Hall–Kier alpha value is -3.04. The van der Waals surface area contributed by atoms with Crippen molar-refractivity contribution in [1.29, 1.82) is 0 Å². The number of nitrogens with zero attached hydrogens (tertiary/aromatic N) is 3. The highest BCUT2D eigenvalue weighted by Gasteiger charge is 2.39. The van der Waals surface area contributed by atoms with Crippen molar-refractivity contribution in [2.24, 2.45) is 5.92 Å². The summed E-state index contributed by atoms with van der Waals surface area (Å²) < 4.78 is 33.5. The molecular formula is C23H26N4O4S. The van der Waals surface area contributed by atoms with E-state index in [1.807, 2.05) is 44.2 Å². The van der Waals surface area contributed by atoms with Gasteiger partial charge < -0.3 is 9.84 Å². The summed E-state index contributed by atoms with van der Waals surface area (Å²) in [7, 11) is -3.76. The average molecular weight is 455 g/mol. The molecule has 9 heteroatoms. The molecule has 1 atom stereocenters. The van der Waals surface area contributed by atoms with Crippen LogP contribution < -0.4 is 5.32 Å². The third-order valence-electron chi connectivity index (χ3n) is 5.30. The maximum absolute atomic E-state index is 13.3. The van der Waals surface area contributed by atoms with Crippen LogP contribution in [0.3, 0.4) is 0 Å². The van der Waals surface area contributed by atoms with Gasteiger partial charge in [0.25, 0.3) is 0 Å². The SMILES string of the molecule is CC(C)CC(=O)Nc1ccc(S(=O)(=O)N2CCCC2c2nc(-c3ccccc3)no2)cc1. The van der Waals surface area contributed by atoms with Crippen molar-refractivity contribution in [2.75, 3.05) is 11.9 Å². The first kappa shape index (κ1) is 22.2. The highest BCUT2D eigenvalue weighted by molar-refractivity contribution is 7.89. The molecule has 1 N–H and O–H groups in total. The molecule has 1 unspecified atom stereocenters. The van der Waals surface area contributed by atoms with Gasteiger partial charge in [-0.2, -0.15) is 9.29 Å². The molecule has 0 spiro atoms. The molecule has 3 aromatic rings. The van der Waals surface area contributed by atoms with Gasteiger partial charge in [0, 0.05) is 24.2 Å². The quantitative estimate of drug-likeness (QED) is 0.572. The van der Waals surface area contributed by atoms with Gasteiger partial charge in [-0.1, -0.05) is 49.3 Å². The van der Waals surface area contributed by atoms with Gasteiger partial charge in [-0.3, -0.25) is 4.79 Å². The maximum Gasteiger partial charge on any atom is 0.245 e. The minimum atomic E-state index is -3.76. The molecule has 1 fully saturated rings. The van der Waals surface area contributed by atoms with Gasteiger partial charge in [-0.15, -0.1) is 0 Å². The minimum Gasteiger partial charge on any atom is -0.337 e. The van der Waals surface area contributed by atoms with E-state index in [1.165, 1.54) is 16.4 Å². The summed E-state index contributed by atoms with van der Waals surface area (Å²) >= 11 is 0. The Morgan fingerprint density at radius 2 is 1.88 bits per heavy atom. The second-order valence-corrected chi connectivity index (χ2v) is 10.2. The lowest BCUT2D eigenvalue weighted by atomic mass is 10.1. The Kier molecular flexibility index (Phi) is 6.38. The molecule has 0 saturated carbocycles. The summed E-state index contributed by atoms with van der Waals surface area (Å²) in [6, 6.07) is 15.1. The van der Waals surface area contributed by atoms with Gasteiger partial charge >= 0.3 is 0 Å². The van der Waals surface area contributed by atoms with Crippen LogP contribution in [-0.4, -0.2) is 35.3 Å². The van der Waals surface area contributed by atoms with Crippen LogP contribution in [0.1, 0.15) is 45.0 Å². The summed E-state index contributed by atoms with van der Waals surface area (Å²) in [6.07, 6.45) is 1.72. The second kappa shape index (κ2) is 9.22. The molecular weight excluding hydrogens is 428 g/mol. The molecule has 8 nitrogen and oxygen atoms in total. The van der Waals surface area contributed by atoms with E-state index in [4.69, 9.17) is 4.52 Å². The van der Waals surface area contributed by atoms with Gasteiger partial charge in [0.1, 0.15) is 6.04 Å². The van der Waals surface area contributed by atoms with Crippen LogP contribution in [0.4, 0.5) is 5.69 Å². The van der Waals surface area contributed by atoms with Crippen LogP contribution in [0.5, 0.6) is 0 Å². The molecule has 1 aliphatic heterocycles. The predicted octanol–water partition coefficient (Wildman–Crippen LogP) is 4.25. The zero-order valence-electron chi connectivity index (χ0n) is 18.1. The van der Waals surface area contributed by atoms with Crippen molar-refractivity contribution < 1.29 is 17.7 Å². The fraction of sp³-hybridized carbons (Fsp3) is 0.348. The number of rotatable bonds is 7. The lowest BCUT2D eigenvalue weighted by molar-refractivity contribution is -0.116. The summed E-state index contributed by atoms with van der Waals surface area (Å²) in [6.45, 7) is 4.31. The van der Waals surface area contributed by atoms with Crippen molar-refractivity contribution in [3.8, 4) is 11.4 Å². The molecule has 4 rings (SSSR count). The average Bonchev–Trinajstić information content (AvgIpc) is 3.44. The largest absolute Gasteiger partial charge is 0.337 e.